The van der Waals surface area contributed by atoms with Gasteiger partial charge in [-0.3, -0.25) is 14.6 Å². The van der Waals surface area contributed by atoms with E-state index in [0.29, 0.717) is 25.2 Å². The van der Waals surface area contributed by atoms with Gasteiger partial charge < -0.3 is 10.2 Å². The lowest BCUT2D eigenvalue weighted by atomic mass is 10.1. The van der Waals surface area contributed by atoms with E-state index in [-0.39, 0.29) is 18.0 Å². The second-order valence-corrected chi connectivity index (χ2v) is 12.3. The molecule has 2 aromatic carbocycles. The third-order valence-electron chi connectivity index (χ3n) is 7.97. The minimum Gasteiger partial charge on any atom is -0.359 e. The fourth-order valence-corrected chi connectivity index (χ4v) is 6.59. The van der Waals surface area contributed by atoms with Gasteiger partial charge in [-0.05, 0) is 70.0 Å². The van der Waals surface area contributed by atoms with Gasteiger partial charge in [-0.25, -0.2) is 4.98 Å². The first-order valence-corrected chi connectivity index (χ1v) is 15.1. The molecule has 0 bridgehead atoms. The van der Waals surface area contributed by atoms with Crippen molar-refractivity contribution in [2.24, 2.45) is 0 Å². The van der Waals surface area contributed by atoms with Crippen LogP contribution in [0.5, 0.6) is 0 Å². The summed E-state index contributed by atoms with van der Waals surface area (Å²) in [6.45, 7) is 10.8. The van der Waals surface area contributed by atoms with E-state index in [1.54, 1.807) is 0 Å². The molecule has 2 aliphatic rings. The first kappa shape index (κ1) is 27.2. The lowest BCUT2D eigenvalue weighted by Crippen LogP contribution is -2.57. The van der Waals surface area contributed by atoms with Gasteiger partial charge in [0.05, 0.1) is 6.54 Å². The second kappa shape index (κ2) is 12.2. The van der Waals surface area contributed by atoms with Crippen molar-refractivity contribution in [3.05, 3.63) is 76.0 Å². The highest BCUT2D eigenvalue weighted by Crippen LogP contribution is 2.30. The summed E-state index contributed by atoms with van der Waals surface area (Å²) in [5.41, 5.74) is 2.11. The van der Waals surface area contributed by atoms with E-state index in [9.17, 15) is 4.79 Å². The van der Waals surface area contributed by atoms with Crippen LogP contribution in [-0.4, -0.2) is 74.3 Å². The number of carbonyl (C=O) groups is 1. The summed E-state index contributed by atoms with van der Waals surface area (Å²) in [6, 6.07) is 19.5. The lowest BCUT2D eigenvalue weighted by molar-refractivity contribution is 0.0284. The molecule has 38 heavy (non-hydrogen) atoms. The van der Waals surface area contributed by atoms with E-state index < -0.39 is 0 Å². The maximum absolute atomic E-state index is 13.0. The van der Waals surface area contributed by atoms with Gasteiger partial charge in [-0.15, -0.1) is 0 Å². The van der Waals surface area contributed by atoms with E-state index in [4.69, 9.17) is 4.98 Å². The summed E-state index contributed by atoms with van der Waals surface area (Å²) in [6.07, 6.45) is 2.42. The number of nitrogens with zero attached hydrogens (tertiary/aromatic N) is 5. The molecule has 5 rings (SSSR count). The molecule has 202 valence electrons. The van der Waals surface area contributed by atoms with Gasteiger partial charge in [0.1, 0.15) is 0 Å². The zero-order valence-electron chi connectivity index (χ0n) is 22.4. The number of nitrogens with one attached hydrogen (secondary N) is 1. The molecule has 1 amide bonds. The van der Waals surface area contributed by atoms with E-state index in [0.717, 1.165) is 40.6 Å². The molecule has 0 saturated carbocycles. The second-order valence-electron chi connectivity index (χ2n) is 10.6. The van der Waals surface area contributed by atoms with Crippen molar-refractivity contribution in [2.45, 2.75) is 64.3 Å². The first-order chi connectivity index (χ1) is 18.4. The molecule has 2 aliphatic heterocycles. The Morgan fingerprint density at radius 2 is 1.87 bits per heavy atom. The Hall–Kier alpha value is -2.33. The molecule has 7 nitrogen and oxygen atoms in total. The summed E-state index contributed by atoms with van der Waals surface area (Å²) >= 11 is 4.99. The van der Waals surface area contributed by atoms with Crippen molar-refractivity contribution >= 4 is 38.5 Å². The molecule has 3 aromatic rings. The monoisotopic (exact) mass is 596 g/mol. The van der Waals surface area contributed by atoms with Crippen LogP contribution in [0.1, 0.15) is 61.4 Å². The molecule has 2 fully saturated rings. The summed E-state index contributed by atoms with van der Waals surface area (Å²) in [7, 11) is 0. The number of carbonyl (C=O) groups excluding carboxylic acids is 1. The number of halogens is 1. The number of piperazine rings is 1. The van der Waals surface area contributed by atoms with E-state index in [2.05, 4.69) is 80.5 Å². The molecule has 3 heterocycles. The smallest absolute Gasteiger partial charge is 0.254 e. The van der Waals surface area contributed by atoms with Gasteiger partial charge in [0.2, 0.25) is 5.13 Å². The molecule has 0 unspecified atom stereocenters. The Balaban J connectivity index is 1.14. The molecule has 0 radical (unpaired) electrons. The summed E-state index contributed by atoms with van der Waals surface area (Å²) < 4.78 is 5.77. The van der Waals surface area contributed by atoms with Crippen LogP contribution < -0.4 is 5.32 Å². The van der Waals surface area contributed by atoms with Gasteiger partial charge in [-0.1, -0.05) is 46.3 Å². The number of rotatable bonds is 8. The number of benzene rings is 2. The number of likely N-dealkylation sites (tertiary alicyclic amines) is 1. The molecular formula is C29H37BrN6OS. The quantitative estimate of drug-likeness (QED) is 0.361. The highest BCUT2D eigenvalue weighted by molar-refractivity contribution is 9.10. The Labute approximate surface area is 238 Å². The van der Waals surface area contributed by atoms with Crippen LogP contribution in [0.15, 0.2) is 59.1 Å². The molecule has 1 N–H and O–H groups in total. The first-order valence-electron chi connectivity index (χ1n) is 13.6. The highest BCUT2D eigenvalue weighted by atomic mass is 79.9. The van der Waals surface area contributed by atoms with Crippen molar-refractivity contribution in [1.29, 1.82) is 0 Å². The predicted molar refractivity (Wildman–Crippen MR) is 157 cm³/mol. The van der Waals surface area contributed by atoms with Gasteiger partial charge in [0.25, 0.3) is 5.91 Å². The topological polar surface area (TPSA) is 64.6 Å². The third kappa shape index (κ3) is 6.28. The normalized spacial score (nSPS) is 23.5. The Morgan fingerprint density at radius 3 is 2.63 bits per heavy atom. The molecule has 2 saturated heterocycles. The zero-order valence-corrected chi connectivity index (χ0v) is 24.8. The van der Waals surface area contributed by atoms with Crippen molar-refractivity contribution in [1.82, 2.24) is 24.1 Å². The number of hydrogen-bond acceptors (Lipinski definition) is 7. The van der Waals surface area contributed by atoms with Crippen LogP contribution in [-0.2, 0) is 6.54 Å². The molecule has 1 aromatic heterocycles. The minimum atomic E-state index is 0.110. The molecular weight excluding hydrogens is 560 g/mol. The Bertz CT molecular complexity index is 1210. The third-order valence-corrected chi connectivity index (χ3v) is 9.21. The Morgan fingerprint density at radius 1 is 1.11 bits per heavy atom. The standard InChI is InChI=1S/C29H37BrN6OS/c1-20-18-36(28(37)24-8-5-4-6-9-24)21(2)17-34(20)19-27-32-29(38-33-27)31-16-26-10-7-15-35(26)22(3)23-11-13-25(30)14-12-23/h4-6,8-9,11-14,20-22,26H,7,10,15-19H2,1-3H3,(H,31,32,33)/t20-,21-,22-,26-/m0/s1. The van der Waals surface area contributed by atoms with Gasteiger partial charge in [0, 0.05) is 65.4 Å². The number of amides is 1. The SMILES string of the molecule is C[C@H]1CN(C(=O)c2ccccc2)[C@@H](C)CN1Cc1nsc(NC[C@@H]2CCCN2[C@@H](C)c2ccc(Br)cc2)n1. The maximum atomic E-state index is 13.0. The van der Waals surface area contributed by atoms with Crippen LogP contribution >= 0.6 is 27.5 Å². The average molecular weight is 598 g/mol. The Kier molecular flexibility index (Phi) is 8.77. The van der Waals surface area contributed by atoms with Crippen LogP contribution in [0.3, 0.4) is 0 Å². The van der Waals surface area contributed by atoms with Crippen molar-refractivity contribution in [3.63, 3.8) is 0 Å². The van der Waals surface area contributed by atoms with Crippen LogP contribution in [0.4, 0.5) is 5.13 Å². The minimum absolute atomic E-state index is 0.110. The van der Waals surface area contributed by atoms with E-state index in [1.807, 2.05) is 35.2 Å². The summed E-state index contributed by atoms with van der Waals surface area (Å²) in [5, 5.41) is 4.46. The average Bonchev–Trinajstić information content (AvgIpc) is 3.59. The molecule has 9 heteroatoms. The molecule has 0 spiro atoms. The van der Waals surface area contributed by atoms with Crippen LogP contribution in [0.2, 0.25) is 0 Å². The number of hydrogen-bond donors (Lipinski definition) is 1. The fourth-order valence-electron chi connectivity index (χ4n) is 5.74. The largest absolute Gasteiger partial charge is 0.359 e. The fraction of sp³-hybridized carbons (Fsp3) is 0.483. The lowest BCUT2D eigenvalue weighted by Gasteiger charge is -2.43. The maximum Gasteiger partial charge on any atom is 0.254 e. The predicted octanol–water partition coefficient (Wildman–Crippen LogP) is 5.67. The molecule has 4 atom stereocenters. The highest BCUT2D eigenvalue weighted by Gasteiger charge is 2.33. The number of anilines is 1. The van der Waals surface area contributed by atoms with Crippen LogP contribution in [0, 0.1) is 0 Å². The van der Waals surface area contributed by atoms with Crippen molar-refractivity contribution < 1.29 is 4.79 Å². The van der Waals surface area contributed by atoms with E-state index >= 15 is 0 Å². The summed E-state index contributed by atoms with van der Waals surface area (Å²) in [4.78, 5) is 24.9. The molecule has 0 aliphatic carbocycles. The van der Waals surface area contributed by atoms with Crippen LogP contribution in [0.25, 0.3) is 0 Å². The van der Waals surface area contributed by atoms with Gasteiger partial charge >= 0.3 is 0 Å². The summed E-state index contributed by atoms with van der Waals surface area (Å²) in [5.74, 6) is 0.962. The van der Waals surface area contributed by atoms with Crippen molar-refractivity contribution in [3.8, 4) is 0 Å². The van der Waals surface area contributed by atoms with E-state index in [1.165, 1.54) is 29.9 Å². The van der Waals surface area contributed by atoms with Gasteiger partial charge in [-0.2, -0.15) is 4.37 Å². The van der Waals surface area contributed by atoms with Gasteiger partial charge in [0.15, 0.2) is 5.82 Å². The van der Waals surface area contributed by atoms with Crippen molar-refractivity contribution in [2.75, 3.05) is 31.5 Å². The number of aromatic nitrogens is 2. The zero-order chi connectivity index (χ0) is 26.6.